The first kappa shape index (κ1) is 13.5. The molecule has 1 atom stereocenters. The third kappa shape index (κ3) is 3.76. The molecule has 1 aliphatic carbocycles. The minimum atomic E-state index is 0.0855. The molecule has 0 heterocycles. The van der Waals surface area contributed by atoms with Crippen LogP contribution < -0.4 is 11.1 Å². The van der Waals surface area contributed by atoms with Crippen molar-refractivity contribution in [3.8, 4) is 0 Å². The lowest BCUT2D eigenvalue weighted by atomic mass is 9.66. The standard InChI is InChI=1S/C12H24N2O2/c1-3-16-8-10(2)14-11(15)7-12(9-13)5-4-6-12/h10H,3-9,13H2,1-2H3,(H,14,15). The third-order valence-corrected chi connectivity index (χ3v) is 3.36. The van der Waals surface area contributed by atoms with E-state index in [-0.39, 0.29) is 17.4 Å². The lowest BCUT2D eigenvalue weighted by Crippen LogP contribution is -2.44. The Morgan fingerprint density at radius 1 is 1.56 bits per heavy atom. The third-order valence-electron chi connectivity index (χ3n) is 3.36. The van der Waals surface area contributed by atoms with Crippen molar-refractivity contribution in [3.63, 3.8) is 0 Å². The highest BCUT2D eigenvalue weighted by Gasteiger charge is 2.37. The molecule has 3 N–H and O–H groups in total. The van der Waals surface area contributed by atoms with E-state index >= 15 is 0 Å². The number of rotatable bonds is 7. The molecule has 1 rings (SSSR count). The predicted octanol–water partition coefficient (Wildman–Crippen LogP) is 1.05. The first-order valence-corrected chi connectivity index (χ1v) is 6.19. The Balaban J connectivity index is 2.24. The topological polar surface area (TPSA) is 64.3 Å². The van der Waals surface area contributed by atoms with Crippen molar-refractivity contribution in [3.05, 3.63) is 0 Å². The molecule has 1 fully saturated rings. The summed E-state index contributed by atoms with van der Waals surface area (Å²) in [5.41, 5.74) is 5.82. The highest BCUT2D eigenvalue weighted by molar-refractivity contribution is 5.77. The van der Waals surface area contributed by atoms with Gasteiger partial charge in [0, 0.05) is 19.1 Å². The maximum atomic E-state index is 11.8. The highest BCUT2D eigenvalue weighted by Crippen LogP contribution is 2.42. The number of carbonyl (C=O) groups excluding carboxylic acids is 1. The van der Waals surface area contributed by atoms with Gasteiger partial charge < -0.3 is 15.8 Å². The minimum absolute atomic E-state index is 0.0855. The average molecular weight is 228 g/mol. The van der Waals surface area contributed by atoms with Gasteiger partial charge in [-0.3, -0.25) is 4.79 Å². The van der Waals surface area contributed by atoms with Crippen LogP contribution in [0.25, 0.3) is 0 Å². The largest absolute Gasteiger partial charge is 0.380 e. The molecule has 4 heteroatoms. The number of carbonyl (C=O) groups is 1. The molecular weight excluding hydrogens is 204 g/mol. The summed E-state index contributed by atoms with van der Waals surface area (Å²) in [4.78, 5) is 11.8. The molecule has 94 valence electrons. The lowest BCUT2D eigenvalue weighted by Gasteiger charge is -2.40. The summed E-state index contributed by atoms with van der Waals surface area (Å²) in [5.74, 6) is 0.109. The van der Waals surface area contributed by atoms with Crippen LogP contribution in [0.15, 0.2) is 0 Å². The van der Waals surface area contributed by atoms with Gasteiger partial charge >= 0.3 is 0 Å². The van der Waals surface area contributed by atoms with Crippen molar-refractivity contribution in [1.29, 1.82) is 0 Å². The number of hydrogen-bond acceptors (Lipinski definition) is 3. The molecule has 1 amide bonds. The molecule has 0 bridgehead atoms. The van der Waals surface area contributed by atoms with E-state index in [2.05, 4.69) is 5.32 Å². The molecule has 0 aromatic heterocycles. The van der Waals surface area contributed by atoms with Crippen molar-refractivity contribution in [2.45, 2.75) is 45.6 Å². The van der Waals surface area contributed by atoms with E-state index in [0.29, 0.717) is 26.2 Å². The lowest BCUT2D eigenvalue weighted by molar-refractivity contribution is -0.125. The molecule has 0 radical (unpaired) electrons. The van der Waals surface area contributed by atoms with E-state index in [1.807, 2.05) is 13.8 Å². The van der Waals surface area contributed by atoms with E-state index in [4.69, 9.17) is 10.5 Å². The molecule has 1 unspecified atom stereocenters. The van der Waals surface area contributed by atoms with E-state index in [9.17, 15) is 4.79 Å². The molecule has 0 aliphatic heterocycles. The van der Waals surface area contributed by atoms with E-state index in [1.165, 1.54) is 6.42 Å². The molecule has 0 saturated heterocycles. The summed E-state index contributed by atoms with van der Waals surface area (Å²) in [6.07, 6.45) is 3.96. The van der Waals surface area contributed by atoms with Crippen molar-refractivity contribution in [1.82, 2.24) is 5.32 Å². The number of amides is 1. The maximum absolute atomic E-state index is 11.8. The Hall–Kier alpha value is -0.610. The normalized spacial score (nSPS) is 19.9. The first-order valence-electron chi connectivity index (χ1n) is 6.19. The van der Waals surface area contributed by atoms with Crippen LogP contribution in [0.5, 0.6) is 0 Å². The van der Waals surface area contributed by atoms with Crippen LogP contribution >= 0.6 is 0 Å². The molecule has 0 aromatic carbocycles. The Bertz CT molecular complexity index is 222. The van der Waals surface area contributed by atoms with Crippen molar-refractivity contribution < 1.29 is 9.53 Å². The van der Waals surface area contributed by atoms with Gasteiger partial charge in [0.05, 0.1) is 6.61 Å². The molecule has 1 aliphatic rings. The molecule has 0 aromatic rings. The van der Waals surface area contributed by atoms with Crippen molar-refractivity contribution in [2.75, 3.05) is 19.8 Å². The zero-order valence-electron chi connectivity index (χ0n) is 10.4. The molecular formula is C12H24N2O2. The fraction of sp³-hybridized carbons (Fsp3) is 0.917. The zero-order valence-corrected chi connectivity index (χ0v) is 10.4. The van der Waals surface area contributed by atoms with E-state index in [1.54, 1.807) is 0 Å². The fourth-order valence-corrected chi connectivity index (χ4v) is 2.13. The van der Waals surface area contributed by atoms with Gasteiger partial charge in [0.15, 0.2) is 0 Å². The quantitative estimate of drug-likeness (QED) is 0.684. The van der Waals surface area contributed by atoms with Crippen LogP contribution in [0.4, 0.5) is 0 Å². The molecule has 16 heavy (non-hydrogen) atoms. The smallest absolute Gasteiger partial charge is 0.220 e. The van der Waals surface area contributed by atoms with Gasteiger partial charge in [0.2, 0.25) is 5.91 Å². The second-order valence-electron chi connectivity index (χ2n) is 4.86. The van der Waals surface area contributed by atoms with Crippen LogP contribution in [0, 0.1) is 5.41 Å². The minimum Gasteiger partial charge on any atom is -0.380 e. The van der Waals surface area contributed by atoms with Gasteiger partial charge in [-0.2, -0.15) is 0 Å². The first-order chi connectivity index (χ1) is 7.62. The van der Waals surface area contributed by atoms with Gasteiger partial charge in [-0.05, 0) is 38.6 Å². The summed E-state index contributed by atoms with van der Waals surface area (Å²) in [5, 5.41) is 2.95. The van der Waals surface area contributed by atoms with Crippen LogP contribution in [-0.2, 0) is 9.53 Å². The number of nitrogens with one attached hydrogen (secondary N) is 1. The highest BCUT2D eigenvalue weighted by atomic mass is 16.5. The summed E-state index contributed by atoms with van der Waals surface area (Å²) >= 11 is 0. The number of ether oxygens (including phenoxy) is 1. The second-order valence-corrected chi connectivity index (χ2v) is 4.86. The van der Waals surface area contributed by atoms with Gasteiger partial charge in [-0.15, -0.1) is 0 Å². The van der Waals surface area contributed by atoms with Gasteiger partial charge in [-0.25, -0.2) is 0 Å². The van der Waals surface area contributed by atoms with Crippen LogP contribution in [0.1, 0.15) is 39.5 Å². The Labute approximate surface area is 97.9 Å². The zero-order chi connectivity index (χ0) is 12.0. The van der Waals surface area contributed by atoms with Gasteiger partial charge in [-0.1, -0.05) is 6.42 Å². The summed E-state index contributed by atoms with van der Waals surface area (Å²) < 4.78 is 5.25. The Morgan fingerprint density at radius 3 is 2.69 bits per heavy atom. The van der Waals surface area contributed by atoms with Gasteiger partial charge in [0.1, 0.15) is 0 Å². The Kier molecular flexibility index (Phi) is 5.22. The summed E-state index contributed by atoms with van der Waals surface area (Å²) in [6.45, 7) is 5.81. The predicted molar refractivity (Wildman–Crippen MR) is 64.1 cm³/mol. The number of nitrogens with two attached hydrogens (primary N) is 1. The maximum Gasteiger partial charge on any atom is 0.220 e. The van der Waals surface area contributed by atoms with Crippen molar-refractivity contribution >= 4 is 5.91 Å². The average Bonchev–Trinajstić information content (AvgIpc) is 2.20. The van der Waals surface area contributed by atoms with E-state index < -0.39 is 0 Å². The van der Waals surface area contributed by atoms with Crippen LogP contribution in [0.3, 0.4) is 0 Å². The van der Waals surface area contributed by atoms with Crippen molar-refractivity contribution in [2.24, 2.45) is 11.1 Å². The summed E-state index contributed by atoms with van der Waals surface area (Å²) in [7, 11) is 0. The fourth-order valence-electron chi connectivity index (χ4n) is 2.13. The second kappa shape index (κ2) is 6.21. The monoisotopic (exact) mass is 228 g/mol. The van der Waals surface area contributed by atoms with Crippen LogP contribution in [0.2, 0.25) is 0 Å². The van der Waals surface area contributed by atoms with E-state index in [0.717, 1.165) is 12.8 Å². The SMILES string of the molecule is CCOCC(C)NC(=O)CC1(CN)CCC1. The molecule has 1 saturated carbocycles. The molecule has 0 spiro atoms. The summed E-state index contributed by atoms with van der Waals surface area (Å²) in [6, 6.07) is 0.0855. The Morgan fingerprint density at radius 2 is 2.25 bits per heavy atom. The van der Waals surface area contributed by atoms with Gasteiger partial charge in [0.25, 0.3) is 0 Å². The number of hydrogen-bond donors (Lipinski definition) is 2. The van der Waals surface area contributed by atoms with Crippen LogP contribution in [-0.4, -0.2) is 31.7 Å². The molecule has 4 nitrogen and oxygen atoms in total.